The molecule has 19 heavy (non-hydrogen) atoms. The first-order valence-corrected chi connectivity index (χ1v) is 5.82. The number of hydrogen-bond acceptors (Lipinski definition) is 5. The summed E-state index contributed by atoms with van der Waals surface area (Å²) in [6.07, 6.45) is 1.12. The zero-order valence-corrected chi connectivity index (χ0v) is 11.0. The van der Waals surface area contributed by atoms with Crippen molar-refractivity contribution in [2.24, 2.45) is 0 Å². The molecular weight excluding hydrogens is 318 g/mol. The Balaban J connectivity index is 2.46. The van der Waals surface area contributed by atoms with Crippen LogP contribution < -0.4 is 16.0 Å². The number of carbonyl (C=O) groups is 1. The molecule has 0 aliphatic heterocycles. The highest BCUT2D eigenvalue weighted by Gasteiger charge is 2.15. The number of H-pyrrole nitrogens is 1. The van der Waals surface area contributed by atoms with Crippen molar-refractivity contribution in [2.75, 3.05) is 5.73 Å². The van der Waals surface area contributed by atoms with Crippen molar-refractivity contribution >= 4 is 27.6 Å². The number of ether oxygens (including phenoxy) is 1. The molecule has 0 aliphatic rings. The van der Waals surface area contributed by atoms with Gasteiger partial charge in [0.2, 0.25) is 5.88 Å². The van der Waals surface area contributed by atoms with Gasteiger partial charge >= 0.3 is 5.97 Å². The third kappa shape index (κ3) is 2.74. The number of nitrogen functional groups attached to an aromatic ring is 1. The molecule has 1 aromatic carbocycles. The van der Waals surface area contributed by atoms with Crippen LogP contribution in [-0.2, 0) is 0 Å². The first-order chi connectivity index (χ1) is 8.99. The molecule has 0 spiro atoms. The Morgan fingerprint density at radius 3 is 2.89 bits per heavy atom. The fourth-order valence-electron chi connectivity index (χ4n) is 1.34. The van der Waals surface area contributed by atoms with E-state index in [-0.39, 0.29) is 22.9 Å². The van der Waals surface area contributed by atoms with Crippen LogP contribution in [0.3, 0.4) is 0 Å². The number of nitrogens with two attached hydrogens (primary N) is 1. The van der Waals surface area contributed by atoms with Gasteiger partial charge in [-0.05, 0) is 18.2 Å². The van der Waals surface area contributed by atoms with Gasteiger partial charge in [0.1, 0.15) is 11.3 Å². The summed E-state index contributed by atoms with van der Waals surface area (Å²) in [5.41, 5.74) is 4.65. The van der Waals surface area contributed by atoms with Gasteiger partial charge in [0.15, 0.2) is 5.69 Å². The third-order valence-corrected chi connectivity index (χ3v) is 2.72. The SMILES string of the molecule is Nc1c(Oc2ccc(Br)cc2C(=O)O)nc[nH]c1=O. The van der Waals surface area contributed by atoms with E-state index in [1.165, 1.54) is 12.1 Å². The quantitative estimate of drug-likeness (QED) is 0.788. The average molecular weight is 326 g/mol. The van der Waals surface area contributed by atoms with E-state index in [2.05, 4.69) is 25.9 Å². The number of halogens is 1. The van der Waals surface area contributed by atoms with Gasteiger partial charge in [-0.1, -0.05) is 15.9 Å². The minimum absolute atomic E-state index is 0.0421. The number of aromatic amines is 1. The second kappa shape index (κ2) is 5.11. The molecule has 0 fully saturated rings. The van der Waals surface area contributed by atoms with Crippen molar-refractivity contribution < 1.29 is 14.6 Å². The van der Waals surface area contributed by atoms with E-state index in [1.54, 1.807) is 6.07 Å². The van der Waals surface area contributed by atoms with E-state index in [0.29, 0.717) is 4.47 Å². The van der Waals surface area contributed by atoms with Crippen molar-refractivity contribution in [1.29, 1.82) is 0 Å². The van der Waals surface area contributed by atoms with Gasteiger partial charge in [0.05, 0.1) is 6.33 Å². The third-order valence-electron chi connectivity index (χ3n) is 2.23. The lowest BCUT2D eigenvalue weighted by atomic mass is 10.2. The molecule has 2 rings (SSSR count). The predicted octanol–water partition coefficient (Wildman–Crippen LogP) is 1.61. The molecule has 1 heterocycles. The fourth-order valence-corrected chi connectivity index (χ4v) is 1.70. The molecule has 0 amide bonds. The zero-order valence-electron chi connectivity index (χ0n) is 9.38. The summed E-state index contributed by atoms with van der Waals surface area (Å²) in [6, 6.07) is 4.42. The van der Waals surface area contributed by atoms with Crippen LogP contribution in [0.15, 0.2) is 33.8 Å². The lowest BCUT2D eigenvalue weighted by molar-refractivity contribution is 0.0694. The van der Waals surface area contributed by atoms with Gasteiger partial charge in [-0.3, -0.25) is 4.79 Å². The van der Waals surface area contributed by atoms with Crippen LogP contribution in [0, 0.1) is 0 Å². The second-order valence-corrected chi connectivity index (χ2v) is 4.41. The van der Waals surface area contributed by atoms with Crippen LogP contribution >= 0.6 is 15.9 Å². The molecule has 8 heteroatoms. The maximum atomic E-state index is 11.3. The summed E-state index contributed by atoms with van der Waals surface area (Å²) < 4.78 is 5.87. The second-order valence-electron chi connectivity index (χ2n) is 3.50. The van der Waals surface area contributed by atoms with Gasteiger partial charge in [0.25, 0.3) is 5.56 Å². The van der Waals surface area contributed by atoms with Crippen LogP contribution in [0.1, 0.15) is 10.4 Å². The summed E-state index contributed by atoms with van der Waals surface area (Å²) in [5.74, 6) is -1.27. The lowest BCUT2D eigenvalue weighted by Gasteiger charge is -2.09. The largest absolute Gasteiger partial charge is 0.478 e. The summed E-state index contributed by atoms with van der Waals surface area (Å²) in [6.45, 7) is 0. The van der Waals surface area contributed by atoms with Crippen LogP contribution in [0.4, 0.5) is 5.69 Å². The predicted molar refractivity (Wildman–Crippen MR) is 70.4 cm³/mol. The molecule has 7 nitrogen and oxygen atoms in total. The van der Waals surface area contributed by atoms with E-state index in [1.807, 2.05) is 0 Å². The molecule has 0 unspecified atom stereocenters. The van der Waals surface area contributed by atoms with Crippen molar-refractivity contribution in [2.45, 2.75) is 0 Å². The maximum Gasteiger partial charge on any atom is 0.339 e. The Morgan fingerprint density at radius 1 is 1.47 bits per heavy atom. The van der Waals surface area contributed by atoms with Crippen LogP contribution in [0.5, 0.6) is 11.6 Å². The van der Waals surface area contributed by atoms with Crippen molar-refractivity contribution in [3.8, 4) is 11.6 Å². The van der Waals surface area contributed by atoms with E-state index in [9.17, 15) is 9.59 Å². The average Bonchev–Trinajstić information content (AvgIpc) is 2.36. The highest BCUT2D eigenvalue weighted by Crippen LogP contribution is 2.28. The van der Waals surface area contributed by atoms with Crippen molar-refractivity contribution in [3.05, 3.63) is 44.9 Å². The minimum atomic E-state index is -1.17. The Morgan fingerprint density at radius 2 is 2.21 bits per heavy atom. The Bertz CT molecular complexity index is 699. The Hall–Kier alpha value is -2.35. The number of aromatic nitrogens is 2. The highest BCUT2D eigenvalue weighted by molar-refractivity contribution is 9.10. The number of hydrogen-bond donors (Lipinski definition) is 3. The van der Waals surface area contributed by atoms with Crippen molar-refractivity contribution in [1.82, 2.24) is 9.97 Å². The topological polar surface area (TPSA) is 118 Å². The Labute approximate surface area is 115 Å². The van der Waals surface area contributed by atoms with Gasteiger partial charge in [-0.25, -0.2) is 9.78 Å². The molecular formula is C11H8BrN3O4. The molecule has 0 bridgehead atoms. The molecule has 0 aliphatic carbocycles. The molecule has 0 saturated carbocycles. The summed E-state index contributed by atoms with van der Waals surface area (Å²) in [7, 11) is 0. The Kier molecular flexibility index (Phi) is 3.52. The monoisotopic (exact) mass is 325 g/mol. The van der Waals surface area contributed by atoms with E-state index < -0.39 is 11.5 Å². The molecule has 0 atom stereocenters. The highest BCUT2D eigenvalue weighted by atomic mass is 79.9. The molecule has 2 aromatic rings. The smallest absolute Gasteiger partial charge is 0.339 e. The molecule has 0 saturated heterocycles. The molecule has 0 radical (unpaired) electrons. The summed E-state index contributed by atoms with van der Waals surface area (Å²) in [5, 5.41) is 9.07. The zero-order chi connectivity index (χ0) is 14.0. The molecule has 1 aromatic heterocycles. The first kappa shape index (κ1) is 13.1. The van der Waals surface area contributed by atoms with Gasteiger partial charge < -0.3 is 20.6 Å². The van der Waals surface area contributed by atoms with Crippen molar-refractivity contribution in [3.63, 3.8) is 0 Å². The molecule has 4 N–H and O–H groups in total. The maximum absolute atomic E-state index is 11.3. The fraction of sp³-hybridized carbons (Fsp3) is 0. The van der Waals surface area contributed by atoms with Gasteiger partial charge in [-0.2, -0.15) is 0 Å². The molecule has 98 valence electrons. The van der Waals surface area contributed by atoms with Crippen LogP contribution in [0.2, 0.25) is 0 Å². The van der Waals surface area contributed by atoms with Crippen LogP contribution in [-0.4, -0.2) is 21.0 Å². The standard InChI is InChI=1S/C11H8BrN3O4/c12-5-1-2-7(6(3-5)11(17)18)19-10-8(13)9(16)14-4-15-10/h1-4H,13H2,(H,17,18)(H,14,15,16). The van der Waals surface area contributed by atoms with Crippen LogP contribution in [0.25, 0.3) is 0 Å². The number of nitrogens with one attached hydrogen (secondary N) is 1. The van der Waals surface area contributed by atoms with E-state index in [4.69, 9.17) is 15.6 Å². The number of rotatable bonds is 3. The van der Waals surface area contributed by atoms with E-state index >= 15 is 0 Å². The summed E-state index contributed by atoms with van der Waals surface area (Å²) in [4.78, 5) is 28.4. The minimum Gasteiger partial charge on any atom is -0.478 e. The number of benzene rings is 1. The number of aromatic carboxylic acids is 1. The lowest BCUT2D eigenvalue weighted by Crippen LogP contribution is -2.13. The van der Waals surface area contributed by atoms with Gasteiger partial charge in [0, 0.05) is 4.47 Å². The van der Waals surface area contributed by atoms with Gasteiger partial charge in [-0.15, -0.1) is 0 Å². The van der Waals surface area contributed by atoms with E-state index in [0.717, 1.165) is 6.33 Å². The normalized spacial score (nSPS) is 10.2. The first-order valence-electron chi connectivity index (χ1n) is 5.03. The number of carboxylic acid groups (broad SMARTS) is 1. The summed E-state index contributed by atoms with van der Waals surface area (Å²) >= 11 is 3.16. The number of carboxylic acids is 1. The number of nitrogens with zero attached hydrogens (tertiary/aromatic N) is 1. The number of anilines is 1.